The first-order valence-corrected chi connectivity index (χ1v) is 6.85. The first kappa shape index (κ1) is 13.1. The van der Waals surface area contributed by atoms with Gasteiger partial charge in [-0.15, -0.1) is 0 Å². The Bertz CT molecular complexity index is 500. The summed E-state index contributed by atoms with van der Waals surface area (Å²) in [6.07, 6.45) is 4.47. The molecule has 3 nitrogen and oxygen atoms in total. The largest absolute Gasteiger partial charge is 0.312 e. The van der Waals surface area contributed by atoms with Crippen molar-refractivity contribution in [1.82, 2.24) is 4.57 Å². The van der Waals surface area contributed by atoms with E-state index >= 15 is 0 Å². The first-order chi connectivity index (χ1) is 8.59. The zero-order chi connectivity index (χ0) is 13.1. The molecule has 0 bridgehead atoms. The fraction of sp³-hybridized carbons (Fsp3) is 0.600. The molecule has 0 aliphatic heterocycles. The highest BCUT2D eigenvalue weighted by Gasteiger charge is 2.20. The van der Waals surface area contributed by atoms with E-state index in [0.717, 1.165) is 43.5 Å². The Morgan fingerprint density at radius 3 is 2.72 bits per heavy atom. The highest BCUT2D eigenvalue weighted by Crippen LogP contribution is 2.20. The number of ketones is 1. The zero-order valence-electron chi connectivity index (χ0n) is 11.2. The van der Waals surface area contributed by atoms with Crippen LogP contribution in [0.15, 0.2) is 16.9 Å². The molecule has 2 rings (SSSR count). The van der Waals surface area contributed by atoms with Crippen LogP contribution in [0.3, 0.4) is 0 Å². The van der Waals surface area contributed by atoms with E-state index < -0.39 is 0 Å². The number of rotatable bonds is 4. The van der Waals surface area contributed by atoms with Crippen molar-refractivity contribution in [2.45, 2.75) is 52.5 Å². The monoisotopic (exact) mass is 247 g/mol. The third kappa shape index (κ3) is 2.71. The van der Waals surface area contributed by atoms with Crippen molar-refractivity contribution < 1.29 is 4.79 Å². The number of hydrogen-bond donors (Lipinski definition) is 0. The molecule has 1 aromatic heterocycles. The topological polar surface area (TPSA) is 39.1 Å². The molecule has 18 heavy (non-hydrogen) atoms. The normalized spacial score (nSPS) is 14.9. The molecule has 0 radical (unpaired) electrons. The van der Waals surface area contributed by atoms with Gasteiger partial charge in [-0.1, -0.05) is 13.8 Å². The summed E-state index contributed by atoms with van der Waals surface area (Å²) in [6, 6.07) is 3.25. The number of Topliss-reactive ketones (excluding diaryl/α,β-unsaturated/α-hetero) is 1. The van der Waals surface area contributed by atoms with Crippen LogP contribution in [0.25, 0.3) is 0 Å². The molecule has 1 heterocycles. The van der Waals surface area contributed by atoms with Gasteiger partial charge in [-0.25, -0.2) is 0 Å². The number of pyridine rings is 1. The summed E-state index contributed by atoms with van der Waals surface area (Å²) in [7, 11) is 0. The molecule has 0 saturated heterocycles. The quantitative estimate of drug-likeness (QED) is 0.820. The summed E-state index contributed by atoms with van der Waals surface area (Å²) in [5.41, 5.74) is 1.76. The van der Waals surface area contributed by atoms with Crippen molar-refractivity contribution in [2.75, 3.05) is 0 Å². The van der Waals surface area contributed by atoms with Gasteiger partial charge >= 0.3 is 0 Å². The molecule has 0 N–H and O–H groups in total. The Hall–Kier alpha value is -1.38. The third-order valence-electron chi connectivity index (χ3n) is 3.58. The number of fused-ring (bicyclic) bond motifs is 1. The van der Waals surface area contributed by atoms with Crippen LogP contribution < -0.4 is 5.56 Å². The number of carbonyl (C=O) groups excluding carboxylic acids is 1. The molecule has 1 aromatic rings. The van der Waals surface area contributed by atoms with Crippen LogP contribution >= 0.6 is 0 Å². The summed E-state index contributed by atoms with van der Waals surface area (Å²) in [4.78, 5) is 23.7. The average Bonchev–Trinajstić information content (AvgIpc) is 2.32. The second-order valence-corrected chi connectivity index (χ2v) is 5.50. The highest BCUT2D eigenvalue weighted by molar-refractivity contribution is 5.97. The van der Waals surface area contributed by atoms with Gasteiger partial charge in [0.25, 0.3) is 5.56 Å². The summed E-state index contributed by atoms with van der Waals surface area (Å²) in [5.74, 6) is 0.843. The van der Waals surface area contributed by atoms with E-state index in [0.29, 0.717) is 12.3 Å². The molecule has 1 aliphatic rings. The second-order valence-electron chi connectivity index (χ2n) is 5.50. The maximum atomic E-state index is 11.9. The molecule has 0 spiro atoms. The molecule has 0 amide bonds. The van der Waals surface area contributed by atoms with Gasteiger partial charge in [-0.05, 0) is 37.7 Å². The lowest BCUT2D eigenvalue weighted by molar-refractivity contribution is 0.0970. The predicted octanol–water partition coefficient (Wildman–Crippen LogP) is 2.80. The summed E-state index contributed by atoms with van der Waals surface area (Å²) in [6.45, 7) is 5.12. The Labute approximate surface area is 108 Å². The van der Waals surface area contributed by atoms with E-state index in [1.54, 1.807) is 6.07 Å². The van der Waals surface area contributed by atoms with E-state index in [-0.39, 0.29) is 11.3 Å². The molecule has 0 fully saturated rings. The van der Waals surface area contributed by atoms with E-state index in [1.165, 1.54) is 6.07 Å². The number of hydrogen-bond acceptors (Lipinski definition) is 2. The van der Waals surface area contributed by atoms with Gasteiger partial charge < -0.3 is 4.57 Å². The molecule has 0 saturated carbocycles. The van der Waals surface area contributed by atoms with Gasteiger partial charge in [0, 0.05) is 30.3 Å². The molecule has 0 aromatic carbocycles. The highest BCUT2D eigenvalue weighted by atomic mass is 16.1. The van der Waals surface area contributed by atoms with Gasteiger partial charge in [0.2, 0.25) is 0 Å². The number of nitrogens with zero attached hydrogens (tertiary/aromatic N) is 1. The fourth-order valence-corrected chi connectivity index (χ4v) is 2.60. The lowest BCUT2D eigenvalue weighted by Gasteiger charge is -2.20. The molecule has 0 atom stereocenters. The van der Waals surface area contributed by atoms with Crippen LogP contribution in [0.5, 0.6) is 0 Å². The fourth-order valence-electron chi connectivity index (χ4n) is 2.60. The molecular weight excluding hydrogens is 226 g/mol. The molecule has 98 valence electrons. The van der Waals surface area contributed by atoms with Crippen LogP contribution in [-0.2, 0) is 13.0 Å². The van der Waals surface area contributed by atoms with Gasteiger partial charge in [-0.3, -0.25) is 9.59 Å². The van der Waals surface area contributed by atoms with Crippen molar-refractivity contribution in [3.8, 4) is 0 Å². The molecule has 0 unspecified atom stereocenters. The number of aromatic nitrogens is 1. The van der Waals surface area contributed by atoms with Gasteiger partial charge in [-0.2, -0.15) is 0 Å². The first-order valence-electron chi connectivity index (χ1n) is 6.85. The van der Waals surface area contributed by atoms with Gasteiger partial charge in [0.05, 0.1) is 0 Å². The predicted molar refractivity (Wildman–Crippen MR) is 72.0 cm³/mol. The van der Waals surface area contributed by atoms with Crippen LogP contribution in [-0.4, -0.2) is 10.4 Å². The lowest BCUT2D eigenvalue weighted by Crippen LogP contribution is -2.28. The van der Waals surface area contributed by atoms with Crippen LogP contribution in [0.4, 0.5) is 0 Å². The Kier molecular flexibility index (Phi) is 4.00. The van der Waals surface area contributed by atoms with Gasteiger partial charge in [0.15, 0.2) is 5.78 Å². The smallest absolute Gasteiger partial charge is 0.250 e. The molecule has 3 heteroatoms. The third-order valence-corrected chi connectivity index (χ3v) is 3.58. The number of carbonyl (C=O) groups is 1. The van der Waals surface area contributed by atoms with E-state index in [4.69, 9.17) is 0 Å². The SMILES string of the molecule is CC(C)CCCn1c2c(ccc1=O)C(=O)CCC2. The molecular formula is C15H21NO2. The van der Waals surface area contributed by atoms with Crippen LogP contribution in [0.1, 0.15) is 55.6 Å². The summed E-state index contributed by atoms with van der Waals surface area (Å²) in [5, 5.41) is 0. The second kappa shape index (κ2) is 5.51. The lowest BCUT2D eigenvalue weighted by atomic mass is 9.94. The van der Waals surface area contributed by atoms with Crippen LogP contribution in [0, 0.1) is 5.92 Å². The van der Waals surface area contributed by atoms with Crippen LogP contribution in [0.2, 0.25) is 0 Å². The average molecular weight is 247 g/mol. The maximum Gasteiger partial charge on any atom is 0.250 e. The van der Waals surface area contributed by atoms with Crippen molar-refractivity contribution >= 4 is 5.78 Å². The molecule has 1 aliphatic carbocycles. The minimum absolute atomic E-state index is 0.0345. The maximum absolute atomic E-state index is 11.9. The van der Waals surface area contributed by atoms with Crippen molar-refractivity contribution in [3.63, 3.8) is 0 Å². The van der Waals surface area contributed by atoms with E-state index in [1.807, 2.05) is 4.57 Å². The standard InChI is InChI=1S/C15H21NO2/c1-11(2)5-4-10-16-13-6-3-7-14(17)12(13)8-9-15(16)18/h8-9,11H,3-7,10H2,1-2H3. The van der Waals surface area contributed by atoms with Crippen molar-refractivity contribution in [3.05, 3.63) is 33.7 Å². The van der Waals surface area contributed by atoms with Crippen molar-refractivity contribution in [1.29, 1.82) is 0 Å². The van der Waals surface area contributed by atoms with E-state index in [9.17, 15) is 9.59 Å². The summed E-state index contributed by atoms with van der Waals surface area (Å²) >= 11 is 0. The Morgan fingerprint density at radius 2 is 2.00 bits per heavy atom. The summed E-state index contributed by atoms with van der Waals surface area (Å²) < 4.78 is 1.81. The van der Waals surface area contributed by atoms with Gasteiger partial charge in [0.1, 0.15) is 0 Å². The van der Waals surface area contributed by atoms with E-state index in [2.05, 4.69) is 13.8 Å². The Balaban J connectivity index is 2.26. The van der Waals surface area contributed by atoms with Crippen molar-refractivity contribution in [2.24, 2.45) is 5.92 Å². The minimum Gasteiger partial charge on any atom is -0.312 e. The zero-order valence-corrected chi connectivity index (χ0v) is 11.2. The Morgan fingerprint density at radius 1 is 1.22 bits per heavy atom. The minimum atomic E-state index is 0.0345.